The Hall–Kier alpha value is -3.82. The van der Waals surface area contributed by atoms with Gasteiger partial charge in [-0.2, -0.15) is 0 Å². The molecule has 9 heteroatoms. The van der Waals surface area contributed by atoms with Gasteiger partial charge < -0.3 is 25.7 Å². The number of rotatable bonds is 10. The number of hydrogen-bond donors (Lipinski definition) is 5. The molecular formula is C31H42N2O7. The first-order valence-electron chi connectivity index (χ1n) is 13.5. The minimum Gasteiger partial charge on any atom is -0.483 e. The van der Waals surface area contributed by atoms with Crippen LogP contribution < -0.4 is 5.32 Å². The molecule has 0 saturated heterocycles. The largest absolute Gasteiger partial charge is 0.483 e. The van der Waals surface area contributed by atoms with E-state index in [2.05, 4.69) is 73.0 Å². The summed E-state index contributed by atoms with van der Waals surface area (Å²) >= 11 is 0. The highest BCUT2D eigenvalue weighted by molar-refractivity contribution is 5.86. The number of carboxylic acid groups (broad SMARTS) is 3. The van der Waals surface area contributed by atoms with Gasteiger partial charge in [-0.25, -0.2) is 0 Å². The molecule has 3 aromatic rings. The third kappa shape index (κ3) is 12.4. The average Bonchev–Trinajstić information content (AvgIpc) is 3.42. The Morgan fingerprint density at radius 2 is 1.60 bits per heavy atom. The van der Waals surface area contributed by atoms with Crippen molar-refractivity contribution in [3.8, 4) is 0 Å². The summed E-state index contributed by atoms with van der Waals surface area (Å²) in [6.45, 7) is 3.47. The molecule has 4 rings (SSSR count). The van der Waals surface area contributed by atoms with Crippen molar-refractivity contribution in [1.82, 2.24) is 10.3 Å². The maximum absolute atomic E-state index is 8.81. The molecule has 3 atom stereocenters. The van der Waals surface area contributed by atoms with Crippen molar-refractivity contribution in [2.45, 2.75) is 57.3 Å². The highest BCUT2D eigenvalue weighted by Crippen LogP contribution is 2.43. The van der Waals surface area contributed by atoms with E-state index in [4.69, 9.17) is 39.8 Å². The van der Waals surface area contributed by atoms with Gasteiger partial charge in [-0.3, -0.25) is 19.4 Å². The molecular weight excluding hydrogens is 512 g/mol. The van der Waals surface area contributed by atoms with Crippen LogP contribution >= 0.6 is 0 Å². The summed E-state index contributed by atoms with van der Waals surface area (Å²) in [5.74, 6) is 2.06. The SMILES string of the molecule is C[C@@H](C[C@H]1CC[C@@H](c2ccc(CCCNCCO)nc2)C1)c1cccc2ccccc12.O=CO.O=CO.O=CO. The number of fused-ring (bicyclic) bond motifs is 1. The molecule has 9 nitrogen and oxygen atoms in total. The number of pyridine rings is 1. The first-order valence-corrected chi connectivity index (χ1v) is 13.5. The van der Waals surface area contributed by atoms with Crippen LogP contribution in [-0.4, -0.2) is 64.5 Å². The summed E-state index contributed by atoms with van der Waals surface area (Å²) in [5, 5.41) is 35.5. The fraction of sp³-hybridized carbons (Fsp3) is 0.419. The molecule has 218 valence electrons. The second-order valence-electron chi connectivity index (χ2n) is 9.56. The molecule has 1 aromatic heterocycles. The Balaban J connectivity index is 0.000000788. The van der Waals surface area contributed by atoms with Crippen molar-refractivity contribution < 1.29 is 34.8 Å². The molecule has 2 aromatic carbocycles. The van der Waals surface area contributed by atoms with E-state index in [-0.39, 0.29) is 26.0 Å². The minimum atomic E-state index is -0.250. The van der Waals surface area contributed by atoms with Crippen LogP contribution in [0.25, 0.3) is 10.8 Å². The van der Waals surface area contributed by atoms with Crippen LogP contribution in [0.2, 0.25) is 0 Å². The lowest BCUT2D eigenvalue weighted by Crippen LogP contribution is -2.19. The predicted octanol–water partition coefficient (Wildman–Crippen LogP) is 4.93. The maximum atomic E-state index is 8.81. The van der Waals surface area contributed by atoms with E-state index >= 15 is 0 Å². The standard InChI is InChI=1S/C28H36N2O.3CH2O2/c1-21(27-10-4-7-23-6-2-3-9-28(23)27)18-22-11-12-24(19-22)25-13-14-26(30-20-25)8-5-15-29-16-17-31;3*2-1-3/h2-4,6-7,9-10,13-14,20-22,24,29,31H,5,8,11-12,15-19H2,1H3;3*1H,(H,2,3)/t21-,22+,24+;;;/m0.../s1. The molecule has 0 radical (unpaired) electrons. The zero-order valence-corrected chi connectivity index (χ0v) is 23.1. The van der Waals surface area contributed by atoms with Gasteiger partial charge >= 0.3 is 0 Å². The van der Waals surface area contributed by atoms with Gasteiger partial charge in [0.25, 0.3) is 19.4 Å². The Morgan fingerprint density at radius 3 is 2.25 bits per heavy atom. The van der Waals surface area contributed by atoms with Crippen molar-refractivity contribution in [1.29, 1.82) is 0 Å². The summed E-state index contributed by atoms with van der Waals surface area (Å²) in [6, 6.07) is 20.1. The molecule has 40 heavy (non-hydrogen) atoms. The predicted molar refractivity (Wildman–Crippen MR) is 156 cm³/mol. The average molecular weight is 555 g/mol. The molecule has 1 aliphatic rings. The lowest BCUT2D eigenvalue weighted by molar-refractivity contribution is -0.123. The summed E-state index contributed by atoms with van der Waals surface area (Å²) in [7, 11) is 0. The van der Waals surface area contributed by atoms with Gasteiger partial charge in [-0.05, 0) is 90.8 Å². The van der Waals surface area contributed by atoms with Crippen LogP contribution in [-0.2, 0) is 20.8 Å². The maximum Gasteiger partial charge on any atom is 0.290 e. The Bertz CT molecular complexity index is 1090. The van der Waals surface area contributed by atoms with Gasteiger partial charge in [0.1, 0.15) is 0 Å². The number of hydrogen-bond acceptors (Lipinski definition) is 6. The zero-order chi connectivity index (χ0) is 29.6. The topological polar surface area (TPSA) is 157 Å². The lowest BCUT2D eigenvalue weighted by atomic mass is 9.86. The van der Waals surface area contributed by atoms with Crippen LogP contribution in [0.4, 0.5) is 0 Å². The van der Waals surface area contributed by atoms with Gasteiger partial charge in [0, 0.05) is 18.4 Å². The second-order valence-corrected chi connectivity index (χ2v) is 9.56. The number of nitrogens with one attached hydrogen (secondary N) is 1. The smallest absolute Gasteiger partial charge is 0.290 e. The van der Waals surface area contributed by atoms with E-state index in [1.807, 2.05) is 0 Å². The molecule has 0 aliphatic heterocycles. The molecule has 1 heterocycles. The fourth-order valence-electron chi connectivity index (χ4n) is 5.32. The summed E-state index contributed by atoms with van der Waals surface area (Å²) in [6.07, 6.45) is 9.37. The van der Waals surface area contributed by atoms with E-state index in [9.17, 15) is 0 Å². The summed E-state index contributed by atoms with van der Waals surface area (Å²) in [4.78, 5) is 29.8. The normalized spacial score (nSPS) is 16.1. The second kappa shape index (κ2) is 21.1. The molecule has 0 amide bonds. The first-order chi connectivity index (χ1) is 19.5. The number of benzene rings is 2. The van der Waals surface area contributed by atoms with Crippen molar-refractivity contribution >= 4 is 30.2 Å². The number of aliphatic hydroxyl groups excluding tert-OH is 1. The Kier molecular flexibility index (Phi) is 18.0. The van der Waals surface area contributed by atoms with Crippen LogP contribution in [0.3, 0.4) is 0 Å². The molecule has 1 fully saturated rings. The monoisotopic (exact) mass is 554 g/mol. The molecule has 1 saturated carbocycles. The van der Waals surface area contributed by atoms with Crippen molar-refractivity contribution in [2.24, 2.45) is 5.92 Å². The first kappa shape index (κ1) is 34.2. The Morgan fingerprint density at radius 1 is 0.925 bits per heavy atom. The van der Waals surface area contributed by atoms with Gasteiger partial charge in [0.15, 0.2) is 0 Å². The number of carbonyl (C=O) groups is 3. The highest BCUT2D eigenvalue weighted by Gasteiger charge is 2.27. The van der Waals surface area contributed by atoms with E-state index < -0.39 is 0 Å². The van der Waals surface area contributed by atoms with Gasteiger partial charge in [0.2, 0.25) is 0 Å². The number of aliphatic hydroxyl groups is 1. The van der Waals surface area contributed by atoms with Crippen LogP contribution in [0.5, 0.6) is 0 Å². The number of nitrogens with zero attached hydrogens (tertiary/aromatic N) is 1. The number of aryl methyl sites for hydroxylation is 1. The zero-order valence-electron chi connectivity index (χ0n) is 23.1. The van der Waals surface area contributed by atoms with E-state index in [0.29, 0.717) is 18.4 Å². The summed E-state index contributed by atoms with van der Waals surface area (Å²) in [5.41, 5.74) is 4.09. The van der Waals surface area contributed by atoms with Crippen LogP contribution in [0.15, 0.2) is 60.8 Å². The molecule has 0 unspecified atom stereocenters. The fourth-order valence-corrected chi connectivity index (χ4v) is 5.32. The van der Waals surface area contributed by atoms with E-state index in [1.54, 1.807) is 0 Å². The van der Waals surface area contributed by atoms with Crippen molar-refractivity contribution in [3.05, 3.63) is 77.6 Å². The minimum absolute atomic E-state index is 0.204. The van der Waals surface area contributed by atoms with Gasteiger partial charge in [-0.15, -0.1) is 0 Å². The van der Waals surface area contributed by atoms with Crippen molar-refractivity contribution in [3.63, 3.8) is 0 Å². The summed E-state index contributed by atoms with van der Waals surface area (Å²) < 4.78 is 0. The van der Waals surface area contributed by atoms with Gasteiger partial charge in [0.05, 0.1) is 6.61 Å². The molecule has 0 bridgehead atoms. The Labute approximate surface area is 235 Å². The van der Waals surface area contributed by atoms with Crippen LogP contribution in [0, 0.1) is 5.92 Å². The van der Waals surface area contributed by atoms with E-state index in [0.717, 1.165) is 25.3 Å². The molecule has 5 N–H and O–H groups in total. The molecule has 0 spiro atoms. The molecule has 1 aliphatic carbocycles. The van der Waals surface area contributed by atoms with Crippen LogP contribution in [0.1, 0.15) is 67.7 Å². The highest BCUT2D eigenvalue weighted by atomic mass is 16.4. The third-order valence-electron chi connectivity index (χ3n) is 6.98. The van der Waals surface area contributed by atoms with Gasteiger partial charge in [-0.1, -0.05) is 55.5 Å². The quantitative estimate of drug-likeness (QED) is 0.173. The van der Waals surface area contributed by atoms with E-state index in [1.165, 1.54) is 53.3 Å². The number of aromatic nitrogens is 1. The van der Waals surface area contributed by atoms with Crippen molar-refractivity contribution in [2.75, 3.05) is 19.7 Å². The third-order valence-corrected chi connectivity index (χ3v) is 6.98. The lowest BCUT2D eigenvalue weighted by Gasteiger charge is -2.19.